The van der Waals surface area contributed by atoms with E-state index in [9.17, 15) is 19.3 Å². The van der Waals surface area contributed by atoms with Crippen LogP contribution >= 0.6 is 0 Å². The van der Waals surface area contributed by atoms with Gasteiger partial charge >= 0.3 is 11.8 Å². The lowest BCUT2D eigenvalue weighted by molar-refractivity contribution is -0.385. The van der Waals surface area contributed by atoms with Crippen LogP contribution in [-0.4, -0.2) is 62.1 Å². The Morgan fingerprint density at radius 2 is 1.88 bits per heavy atom. The summed E-state index contributed by atoms with van der Waals surface area (Å²) in [6.45, 7) is 0.187. The van der Waals surface area contributed by atoms with Gasteiger partial charge in [0.05, 0.1) is 37.5 Å². The molecule has 0 bridgehead atoms. The predicted octanol–water partition coefficient (Wildman–Crippen LogP) is 4.24. The van der Waals surface area contributed by atoms with Crippen molar-refractivity contribution in [2.75, 3.05) is 26.6 Å². The molecule has 42 heavy (non-hydrogen) atoms. The van der Waals surface area contributed by atoms with Gasteiger partial charge in [0.1, 0.15) is 29.5 Å². The molecule has 0 atom stereocenters. The number of anilines is 1. The van der Waals surface area contributed by atoms with Crippen LogP contribution in [-0.2, 0) is 26.7 Å². The third-order valence-electron chi connectivity index (χ3n) is 6.19. The van der Waals surface area contributed by atoms with Gasteiger partial charge in [0.2, 0.25) is 5.75 Å². The molecule has 0 fully saturated rings. The summed E-state index contributed by atoms with van der Waals surface area (Å²) in [6.07, 6.45) is 0.114. The molecule has 4 rings (SSSR count). The summed E-state index contributed by atoms with van der Waals surface area (Å²) in [5, 5.41) is 27.5. The molecule has 0 spiro atoms. The standard InChI is InChI=1S/C27H28FN7O7/c1-33-15-29-26(32-33)19-9-16(10-22(35(38)39)25(19)42-4)12-34(13-17-5-6-18(40-2)11-23(17)41-3)14-21-20(28)7-8-24(30-21)31-27(36)37/h5-11,15H,12-14H2,1-4H3,(H,30,31)(H,36,37). The highest BCUT2D eigenvalue weighted by Crippen LogP contribution is 2.38. The molecule has 0 aliphatic carbocycles. The maximum absolute atomic E-state index is 14.9. The lowest BCUT2D eigenvalue weighted by Gasteiger charge is -2.24. The highest BCUT2D eigenvalue weighted by molar-refractivity contribution is 5.81. The fraction of sp³-hybridized carbons (Fsp3) is 0.259. The number of rotatable bonds is 12. The summed E-state index contributed by atoms with van der Waals surface area (Å²) in [6, 6.07) is 10.6. The molecule has 1 amide bonds. The molecule has 0 aliphatic rings. The van der Waals surface area contributed by atoms with Crippen LogP contribution in [0.1, 0.15) is 16.8 Å². The summed E-state index contributed by atoms with van der Waals surface area (Å²) in [5.74, 6) is 0.594. The number of nitrogens with one attached hydrogen (secondary N) is 1. The average molecular weight is 582 g/mol. The molecule has 0 aliphatic heterocycles. The highest BCUT2D eigenvalue weighted by atomic mass is 19.1. The Bertz CT molecular complexity index is 1610. The van der Waals surface area contributed by atoms with Crippen LogP contribution in [0.3, 0.4) is 0 Å². The molecule has 0 unspecified atom stereocenters. The molecule has 0 saturated heterocycles. The summed E-state index contributed by atoms with van der Waals surface area (Å²) >= 11 is 0. The third kappa shape index (κ3) is 6.87. The van der Waals surface area contributed by atoms with Crippen LogP contribution in [0.2, 0.25) is 0 Å². The Kier molecular flexibility index (Phi) is 9.12. The van der Waals surface area contributed by atoms with Gasteiger partial charge in [-0.25, -0.2) is 19.2 Å². The molecule has 220 valence electrons. The van der Waals surface area contributed by atoms with E-state index >= 15 is 0 Å². The maximum atomic E-state index is 14.9. The van der Waals surface area contributed by atoms with Crippen LogP contribution in [0.25, 0.3) is 11.4 Å². The lowest BCUT2D eigenvalue weighted by atomic mass is 10.1. The highest BCUT2D eigenvalue weighted by Gasteiger charge is 2.25. The molecule has 2 N–H and O–H groups in total. The number of methoxy groups -OCH3 is 3. The van der Waals surface area contributed by atoms with Crippen LogP contribution in [0.5, 0.6) is 17.2 Å². The summed E-state index contributed by atoms with van der Waals surface area (Å²) in [5.41, 5.74) is 1.17. The molecule has 2 aromatic carbocycles. The Labute approximate surface area is 239 Å². The van der Waals surface area contributed by atoms with Crippen LogP contribution < -0.4 is 19.5 Å². The fourth-order valence-corrected chi connectivity index (χ4v) is 4.38. The minimum absolute atomic E-state index is 0.00141. The van der Waals surface area contributed by atoms with E-state index in [0.717, 1.165) is 6.07 Å². The number of halogens is 1. The zero-order chi connectivity index (χ0) is 30.4. The van der Waals surface area contributed by atoms with E-state index in [4.69, 9.17) is 19.3 Å². The quantitative estimate of drug-likeness (QED) is 0.181. The van der Waals surface area contributed by atoms with Gasteiger partial charge in [-0.15, -0.1) is 0 Å². The number of amides is 1. The van der Waals surface area contributed by atoms with E-state index in [1.54, 1.807) is 36.2 Å². The zero-order valence-electron chi connectivity index (χ0n) is 23.2. The molecule has 2 heterocycles. The monoisotopic (exact) mass is 581 g/mol. The Hall–Kier alpha value is -5.31. The van der Waals surface area contributed by atoms with Gasteiger partial charge in [0.15, 0.2) is 5.82 Å². The first-order valence-corrected chi connectivity index (χ1v) is 12.4. The van der Waals surface area contributed by atoms with Crippen molar-refractivity contribution in [2.24, 2.45) is 7.05 Å². The fourth-order valence-electron chi connectivity index (χ4n) is 4.38. The first-order valence-electron chi connectivity index (χ1n) is 12.4. The number of ether oxygens (including phenoxy) is 3. The van der Waals surface area contributed by atoms with Gasteiger partial charge in [-0.1, -0.05) is 6.07 Å². The smallest absolute Gasteiger partial charge is 0.410 e. The van der Waals surface area contributed by atoms with Gasteiger partial charge in [-0.05, 0) is 29.8 Å². The molecule has 15 heteroatoms. The normalized spacial score (nSPS) is 10.9. The van der Waals surface area contributed by atoms with Crippen molar-refractivity contribution in [1.29, 1.82) is 0 Å². The van der Waals surface area contributed by atoms with Crippen molar-refractivity contribution >= 4 is 17.6 Å². The number of aryl methyl sites for hydroxylation is 1. The van der Waals surface area contributed by atoms with Crippen molar-refractivity contribution in [3.8, 4) is 28.6 Å². The van der Waals surface area contributed by atoms with Gasteiger partial charge < -0.3 is 19.3 Å². The molecule has 0 saturated carbocycles. The second kappa shape index (κ2) is 12.9. The molecule has 14 nitrogen and oxygen atoms in total. The first-order chi connectivity index (χ1) is 20.1. The largest absolute Gasteiger partial charge is 0.497 e. The SMILES string of the molecule is COc1ccc(CN(Cc2cc(-c3ncn(C)n3)c(OC)c([N+](=O)[O-])c2)Cc2nc(NC(=O)O)ccc2F)c(OC)c1. The van der Waals surface area contributed by atoms with Crippen molar-refractivity contribution in [2.45, 2.75) is 19.6 Å². The van der Waals surface area contributed by atoms with E-state index in [0.29, 0.717) is 28.2 Å². The van der Waals surface area contributed by atoms with Gasteiger partial charge in [-0.2, -0.15) is 5.10 Å². The number of carbonyl (C=O) groups is 1. The summed E-state index contributed by atoms with van der Waals surface area (Å²) in [7, 11) is 6.02. The van der Waals surface area contributed by atoms with E-state index in [2.05, 4.69) is 20.4 Å². The number of nitrogens with zero attached hydrogens (tertiary/aromatic N) is 6. The van der Waals surface area contributed by atoms with Gasteiger partial charge in [0.25, 0.3) is 0 Å². The number of pyridine rings is 1. The third-order valence-corrected chi connectivity index (χ3v) is 6.19. The van der Waals surface area contributed by atoms with Crippen LogP contribution in [0, 0.1) is 15.9 Å². The number of aromatic nitrogens is 4. The van der Waals surface area contributed by atoms with E-state index in [1.807, 2.05) is 0 Å². The van der Waals surface area contributed by atoms with Gasteiger partial charge in [-0.3, -0.25) is 25.0 Å². The number of hydrogen-bond donors (Lipinski definition) is 2. The second-order valence-corrected chi connectivity index (χ2v) is 9.07. The number of carboxylic acid groups (broad SMARTS) is 1. The lowest BCUT2D eigenvalue weighted by Crippen LogP contribution is -2.24. The topological polar surface area (TPSA) is 167 Å². The predicted molar refractivity (Wildman–Crippen MR) is 148 cm³/mol. The van der Waals surface area contributed by atoms with E-state index in [-0.39, 0.29) is 48.4 Å². The van der Waals surface area contributed by atoms with Crippen molar-refractivity contribution < 1.29 is 33.4 Å². The minimum Gasteiger partial charge on any atom is -0.497 e. The molecule has 0 radical (unpaired) electrons. The Balaban J connectivity index is 1.79. The molecular weight excluding hydrogens is 553 g/mol. The molecule has 4 aromatic rings. The Morgan fingerprint density at radius 1 is 1.10 bits per heavy atom. The van der Waals surface area contributed by atoms with E-state index < -0.39 is 16.8 Å². The van der Waals surface area contributed by atoms with Crippen molar-refractivity contribution in [3.05, 3.63) is 81.5 Å². The number of benzene rings is 2. The molecule has 2 aromatic heterocycles. The number of nitro groups is 1. The van der Waals surface area contributed by atoms with E-state index in [1.165, 1.54) is 44.5 Å². The maximum Gasteiger partial charge on any atom is 0.410 e. The minimum atomic E-state index is -1.35. The zero-order valence-corrected chi connectivity index (χ0v) is 23.2. The van der Waals surface area contributed by atoms with Crippen LogP contribution in [0.15, 0.2) is 48.8 Å². The van der Waals surface area contributed by atoms with Crippen molar-refractivity contribution in [3.63, 3.8) is 0 Å². The first kappa shape index (κ1) is 29.7. The van der Waals surface area contributed by atoms with Crippen molar-refractivity contribution in [1.82, 2.24) is 24.6 Å². The number of nitro benzene ring substituents is 1. The van der Waals surface area contributed by atoms with Gasteiger partial charge in [0, 0.05) is 44.4 Å². The Morgan fingerprint density at radius 3 is 2.50 bits per heavy atom. The molecular formula is C27H28FN7O7. The van der Waals surface area contributed by atoms with Crippen LogP contribution in [0.4, 0.5) is 20.7 Å². The second-order valence-electron chi connectivity index (χ2n) is 9.07. The summed E-state index contributed by atoms with van der Waals surface area (Å²) < 4.78 is 32.6. The number of hydrogen-bond acceptors (Lipinski definition) is 10. The average Bonchev–Trinajstić information content (AvgIpc) is 3.40. The summed E-state index contributed by atoms with van der Waals surface area (Å²) in [4.78, 5) is 32.7.